The minimum atomic E-state index is -0.259. The summed E-state index contributed by atoms with van der Waals surface area (Å²) in [7, 11) is 8.20. The molecular weight excluding hydrogens is 324 g/mol. The van der Waals surface area contributed by atoms with Crippen molar-refractivity contribution < 1.29 is 4.79 Å². The maximum atomic E-state index is 13.0. The van der Waals surface area contributed by atoms with Crippen molar-refractivity contribution in [1.29, 1.82) is 0 Å². The molecule has 0 spiro atoms. The maximum Gasteiger partial charge on any atom is 0.242 e. The SMILES string of the molecule is CCN1CCC(CNC(=O)[C@@H](c2ccc(C)cc2)N(C)C)(N(C)C)CC1. The average Bonchev–Trinajstić information content (AvgIpc) is 2.61. The molecule has 5 heteroatoms. The van der Waals surface area contributed by atoms with Crippen molar-refractivity contribution >= 4 is 5.91 Å². The summed E-state index contributed by atoms with van der Waals surface area (Å²) in [6.45, 7) is 8.28. The standard InChI is InChI=1S/C21H36N4O/c1-7-25-14-12-21(13-15-25,24(5)6)16-22-20(26)19(23(3)4)18-10-8-17(2)9-11-18/h8-11,19H,7,12-16H2,1-6H3,(H,22,26)/t19-/m1/s1. The first-order valence-electron chi connectivity index (χ1n) is 9.69. The summed E-state index contributed by atoms with van der Waals surface area (Å²) < 4.78 is 0. The molecule has 26 heavy (non-hydrogen) atoms. The highest BCUT2D eigenvalue weighted by Gasteiger charge is 2.37. The van der Waals surface area contributed by atoms with Gasteiger partial charge in [-0.2, -0.15) is 0 Å². The molecule has 1 fully saturated rings. The van der Waals surface area contributed by atoms with Crippen LogP contribution >= 0.6 is 0 Å². The van der Waals surface area contributed by atoms with E-state index in [1.807, 2.05) is 19.0 Å². The predicted molar refractivity (Wildman–Crippen MR) is 108 cm³/mol. The van der Waals surface area contributed by atoms with E-state index >= 15 is 0 Å². The summed E-state index contributed by atoms with van der Waals surface area (Å²) in [6.07, 6.45) is 2.18. The third-order valence-corrected chi connectivity index (χ3v) is 5.93. The predicted octanol–water partition coefficient (Wildman–Crippen LogP) is 2.13. The van der Waals surface area contributed by atoms with Crippen molar-refractivity contribution in [2.24, 2.45) is 0 Å². The fourth-order valence-electron chi connectivity index (χ4n) is 3.85. The number of benzene rings is 1. The molecule has 1 heterocycles. The second-order valence-corrected chi connectivity index (χ2v) is 8.05. The molecule has 1 N–H and O–H groups in total. The molecular formula is C21H36N4O. The highest BCUT2D eigenvalue weighted by atomic mass is 16.2. The van der Waals surface area contributed by atoms with Gasteiger partial charge in [0.15, 0.2) is 0 Å². The molecule has 1 aliphatic heterocycles. The Hall–Kier alpha value is -1.43. The zero-order chi connectivity index (χ0) is 19.3. The van der Waals surface area contributed by atoms with Gasteiger partial charge in [-0.25, -0.2) is 0 Å². The van der Waals surface area contributed by atoms with E-state index in [0.29, 0.717) is 6.54 Å². The minimum Gasteiger partial charge on any atom is -0.353 e. The molecule has 0 aromatic heterocycles. The van der Waals surface area contributed by atoms with Crippen LogP contribution in [0.3, 0.4) is 0 Å². The van der Waals surface area contributed by atoms with Crippen LogP contribution in [0.25, 0.3) is 0 Å². The number of hydrogen-bond donors (Lipinski definition) is 1. The number of nitrogens with zero attached hydrogens (tertiary/aromatic N) is 3. The van der Waals surface area contributed by atoms with Crippen molar-refractivity contribution in [2.75, 3.05) is 54.4 Å². The summed E-state index contributed by atoms with van der Waals surface area (Å²) >= 11 is 0. The molecule has 0 bridgehead atoms. The van der Waals surface area contributed by atoms with Crippen molar-refractivity contribution in [3.8, 4) is 0 Å². The van der Waals surface area contributed by atoms with Gasteiger partial charge in [-0.05, 0) is 73.2 Å². The smallest absolute Gasteiger partial charge is 0.242 e. The van der Waals surface area contributed by atoms with Crippen LogP contribution in [0, 0.1) is 6.92 Å². The fraction of sp³-hybridized carbons (Fsp3) is 0.667. The van der Waals surface area contributed by atoms with E-state index in [0.717, 1.165) is 38.0 Å². The van der Waals surface area contributed by atoms with Crippen molar-refractivity contribution in [3.63, 3.8) is 0 Å². The Labute approximate surface area is 159 Å². The van der Waals surface area contributed by atoms with Crippen LogP contribution < -0.4 is 5.32 Å². The number of piperidine rings is 1. The van der Waals surface area contributed by atoms with Crippen LogP contribution in [-0.2, 0) is 4.79 Å². The number of carbonyl (C=O) groups is 1. The van der Waals surface area contributed by atoms with Gasteiger partial charge in [0.2, 0.25) is 5.91 Å². The first kappa shape index (κ1) is 20.9. The van der Waals surface area contributed by atoms with E-state index < -0.39 is 0 Å². The normalized spacial score (nSPS) is 18.9. The van der Waals surface area contributed by atoms with Crippen molar-refractivity contribution in [3.05, 3.63) is 35.4 Å². The summed E-state index contributed by atoms with van der Waals surface area (Å²) in [5.74, 6) is 0.0815. The third kappa shape index (κ3) is 4.84. The van der Waals surface area contributed by atoms with Crippen LogP contribution in [0.1, 0.15) is 36.9 Å². The van der Waals surface area contributed by atoms with Gasteiger partial charge >= 0.3 is 0 Å². The highest BCUT2D eigenvalue weighted by molar-refractivity contribution is 5.83. The first-order valence-corrected chi connectivity index (χ1v) is 9.69. The first-order chi connectivity index (χ1) is 12.3. The molecule has 1 aromatic carbocycles. The van der Waals surface area contributed by atoms with Gasteiger partial charge in [0.25, 0.3) is 0 Å². The molecule has 0 radical (unpaired) electrons. The van der Waals surface area contributed by atoms with Crippen LogP contribution in [0.4, 0.5) is 0 Å². The van der Waals surface area contributed by atoms with E-state index in [1.165, 1.54) is 5.56 Å². The second-order valence-electron chi connectivity index (χ2n) is 8.05. The zero-order valence-electron chi connectivity index (χ0n) is 17.4. The molecule has 0 unspecified atom stereocenters. The number of amides is 1. The maximum absolute atomic E-state index is 13.0. The summed E-state index contributed by atoms with van der Waals surface area (Å²) in [6, 6.07) is 8.00. The van der Waals surface area contributed by atoms with E-state index in [1.54, 1.807) is 0 Å². The van der Waals surface area contributed by atoms with E-state index in [9.17, 15) is 4.79 Å². The van der Waals surface area contributed by atoms with Gasteiger partial charge < -0.3 is 15.1 Å². The minimum absolute atomic E-state index is 0.0471. The molecule has 1 saturated heterocycles. The number of likely N-dealkylation sites (tertiary alicyclic amines) is 1. The molecule has 1 aromatic rings. The lowest BCUT2D eigenvalue weighted by molar-refractivity contribution is -0.126. The van der Waals surface area contributed by atoms with Crippen molar-refractivity contribution in [1.82, 2.24) is 20.0 Å². The lowest BCUT2D eigenvalue weighted by Gasteiger charge is -2.46. The number of rotatable bonds is 7. The van der Waals surface area contributed by atoms with Crippen LogP contribution in [0.15, 0.2) is 24.3 Å². The molecule has 0 saturated carbocycles. The Kier molecular flexibility index (Phi) is 7.21. The van der Waals surface area contributed by atoms with Gasteiger partial charge in [-0.1, -0.05) is 36.8 Å². The molecule has 2 rings (SSSR count). The van der Waals surface area contributed by atoms with Gasteiger partial charge in [-0.3, -0.25) is 9.69 Å². The molecule has 1 aliphatic rings. The Morgan fingerprint density at radius 3 is 2.19 bits per heavy atom. The summed E-state index contributed by atoms with van der Waals surface area (Å²) in [4.78, 5) is 19.8. The van der Waals surface area contributed by atoms with Gasteiger partial charge in [0, 0.05) is 12.1 Å². The molecule has 0 aliphatic carbocycles. The summed E-state index contributed by atoms with van der Waals surface area (Å²) in [5, 5.41) is 3.26. The van der Waals surface area contributed by atoms with Crippen LogP contribution in [0.5, 0.6) is 0 Å². The van der Waals surface area contributed by atoms with Crippen molar-refractivity contribution in [2.45, 2.75) is 38.3 Å². The number of likely N-dealkylation sites (N-methyl/N-ethyl adjacent to an activating group) is 2. The number of hydrogen-bond acceptors (Lipinski definition) is 4. The number of carbonyl (C=O) groups excluding carboxylic acids is 1. The van der Waals surface area contributed by atoms with Gasteiger partial charge in [0.05, 0.1) is 0 Å². The highest BCUT2D eigenvalue weighted by Crippen LogP contribution is 2.27. The molecule has 1 amide bonds. The number of aryl methyl sites for hydroxylation is 1. The number of nitrogens with one attached hydrogen (secondary N) is 1. The van der Waals surface area contributed by atoms with Crippen LogP contribution in [0.2, 0.25) is 0 Å². The Bertz CT molecular complexity index is 574. The monoisotopic (exact) mass is 360 g/mol. The quantitative estimate of drug-likeness (QED) is 0.809. The fourth-order valence-corrected chi connectivity index (χ4v) is 3.85. The molecule has 1 atom stereocenters. The Balaban J connectivity index is 2.07. The van der Waals surface area contributed by atoms with E-state index in [2.05, 4.69) is 67.3 Å². The van der Waals surface area contributed by atoms with Crippen LogP contribution in [-0.4, -0.2) is 80.5 Å². The lowest BCUT2D eigenvalue weighted by atomic mass is 9.86. The molecule has 146 valence electrons. The zero-order valence-corrected chi connectivity index (χ0v) is 17.4. The van der Waals surface area contributed by atoms with E-state index in [4.69, 9.17) is 0 Å². The summed E-state index contributed by atoms with van der Waals surface area (Å²) in [5.41, 5.74) is 2.30. The lowest BCUT2D eigenvalue weighted by Crippen LogP contribution is -2.59. The average molecular weight is 361 g/mol. The second kappa shape index (κ2) is 8.98. The Morgan fingerprint density at radius 1 is 1.15 bits per heavy atom. The Morgan fingerprint density at radius 2 is 1.73 bits per heavy atom. The largest absolute Gasteiger partial charge is 0.353 e. The third-order valence-electron chi connectivity index (χ3n) is 5.93. The molecule has 5 nitrogen and oxygen atoms in total. The van der Waals surface area contributed by atoms with Gasteiger partial charge in [-0.15, -0.1) is 0 Å². The van der Waals surface area contributed by atoms with E-state index in [-0.39, 0.29) is 17.5 Å². The topological polar surface area (TPSA) is 38.8 Å². The van der Waals surface area contributed by atoms with Gasteiger partial charge in [0.1, 0.15) is 6.04 Å².